The van der Waals surface area contributed by atoms with Crippen LogP contribution < -0.4 is 9.47 Å². The van der Waals surface area contributed by atoms with Crippen LogP contribution in [-0.4, -0.2) is 47.9 Å². The topological polar surface area (TPSA) is 68.0 Å². The summed E-state index contributed by atoms with van der Waals surface area (Å²) in [5, 5.41) is 10.4. The van der Waals surface area contributed by atoms with Gasteiger partial charge in [0.25, 0.3) is 0 Å². The molecular weight excluding hydrogens is 344 g/mol. The molecule has 1 aliphatic rings. The molecule has 27 heavy (non-hydrogen) atoms. The van der Waals surface area contributed by atoms with Crippen molar-refractivity contribution in [3.8, 4) is 23.0 Å². The lowest BCUT2D eigenvalue weighted by Gasteiger charge is -2.38. The number of aromatic nitrogens is 1. The molecule has 1 unspecified atom stereocenters. The second-order valence-corrected chi connectivity index (χ2v) is 7.82. The molecule has 6 nitrogen and oxygen atoms in total. The van der Waals surface area contributed by atoms with E-state index in [4.69, 9.17) is 18.9 Å². The summed E-state index contributed by atoms with van der Waals surface area (Å²) in [5.41, 5.74) is 1.04. The molecule has 2 aromatic rings. The molecule has 1 aromatic carbocycles. The number of aryl methyl sites for hydroxylation is 1. The van der Waals surface area contributed by atoms with Crippen LogP contribution in [0.3, 0.4) is 0 Å². The van der Waals surface area contributed by atoms with Crippen molar-refractivity contribution in [3.63, 3.8) is 0 Å². The smallest absolute Gasteiger partial charge is 0.230 e. The molecular formula is C21H30N2O4. The van der Waals surface area contributed by atoms with Crippen LogP contribution in [0, 0.1) is 12.8 Å². The van der Waals surface area contributed by atoms with Crippen LogP contribution in [0.25, 0.3) is 11.5 Å². The lowest BCUT2D eigenvalue weighted by Crippen LogP contribution is -2.44. The highest BCUT2D eigenvalue weighted by Gasteiger charge is 2.31. The first kappa shape index (κ1) is 19.7. The second-order valence-electron chi connectivity index (χ2n) is 7.82. The number of aliphatic hydroxyl groups is 1. The summed E-state index contributed by atoms with van der Waals surface area (Å²) in [6.45, 7) is 8.33. The van der Waals surface area contributed by atoms with Crippen LogP contribution in [0.4, 0.5) is 0 Å². The van der Waals surface area contributed by atoms with Crippen LogP contribution in [0.5, 0.6) is 11.5 Å². The Morgan fingerprint density at radius 1 is 1.30 bits per heavy atom. The van der Waals surface area contributed by atoms with E-state index >= 15 is 0 Å². The summed E-state index contributed by atoms with van der Waals surface area (Å²) >= 11 is 0. The van der Waals surface area contributed by atoms with Crippen molar-refractivity contribution in [2.75, 3.05) is 27.3 Å². The number of benzene rings is 1. The fourth-order valence-corrected chi connectivity index (χ4v) is 3.66. The first-order chi connectivity index (χ1) is 12.8. The van der Waals surface area contributed by atoms with Crippen molar-refractivity contribution in [3.05, 3.63) is 29.7 Å². The van der Waals surface area contributed by atoms with Gasteiger partial charge in [0.2, 0.25) is 5.89 Å². The first-order valence-corrected chi connectivity index (χ1v) is 9.45. The lowest BCUT2D eigenvalue weighted by atomic mass is 9.84. The Bertz CT molecular complexity index is 779. The normalized spacial score (nSPS) is 18.5. The summed E-state index contributed by atoms with van der Waals surface area (Å²) in [5.74, 6) is 3.04. The van der Waals surface area contributed by atoms with Gasteiger partial charge < -0.3 is 19.0 Å². The van der Waals surface area contributed by atoms with E-state index in [1.807, 2.05) is 39.0 Å². The molecule has 2 heterocycles. The number of methoxy groups -OCH3 is 2. The van der Waals surface area contributed by atoms with Gasteiger partial charge in [-0.25, -0.2) is 4.98 Å². The van der Waals surface area contributed by atoms with Gasteiger partial charge in [-0.3, -0.25) is 4.90 Å². The maximum Gasteiger partial charge on any atom is 0.230 e. The molecule has 1 N–H and O–H groups in total. The molecule has 0 saturated carbocycles. The Hall–Kier alpha value is -2.05. The number of likely N-dealkylation sites (tertiary alicyclic amines) is 1. The predicted molar refractivity (Wildman–Crippen MR) is 104 cm³/mol. The first-order valence-electron chi connectivity index (χ1n) is 9.45. The largest absolute Gasteiger partial charge is 0.497 e. The van der Waals surface area contributed by atoms with Gasteiger partial charge in [0, 0.05) is 13.1 Å². The van der Waals surface area contributed by atoms with Crippen molar-refractivity contribution in [1.29, 1.82) is 0 Å². The maximum atomic E-state index is 10.4. The van der Waals surface area contributed by atoms with Gasteiger partial charge in [0.05, 0.1) is 31.1 Å². The minimum Gasteiger partial charge on any atom is -0.497 e. The molecule has 1 saturated heterocycles. The number of ether oxygens (including phenoxy) is 2. The Labute approximate surface area is 161 Å². The predicted octanol–water partition coefficient (Wildman–Crippen LogP) is 3.65. The van der Waals surface area contributed by atoms with E-state index in [1.54, 1.807) is 14.2 Å². The molecule has 0 amide bonds. The van der Waals surface area contributed by atoms with E-state index in [0.717, 1.165) is 48.7 Å². The molecule has 1 aromatic heterocycles. The Morgan fingerprint density at radius 2 is 2.07 bits per heavy atom. The number of oxazole rings is 1. The Balaban J connectivity index is 1.81. The molecule has 6 heteroatoms. The van der Waals surface area contributed by atoms with E-state index in [2.05, 4.69) is 4.90 Å². The average molecular weight is 374 g/mol. The minimum atomic E-state index is -0.656. The molecule has 0 radical (unpaired) electrons. The highest BCUT2D eigenvalue weighted by molar-refractivity contribution is 5.65. The Morgan fingerprint density at radius 3 is 2.74 bits per heavy atom. The fourth-order valence-electron chi connectivity index (χ4n) is 3.66. The monoisotopic (exact) mass is 374 g/mol. The van der Waals surface area contributed by atoms with Crippen molar-refractivity contribution < 1.29 is 19.0 Å². The standard InChI is InChI=1S/C21H30N2O4/c1-14-18(13-23-10-6-7-15(12-23)21(2,3)24)22-20(27-14)17-11-16(25-4)8-9-19(17)26-5/h8-9,11,15,24H,6-7,10,12-13H2,1-5H3. The third kappa shape index (κ3) is 4.45. The van der Waals surface area contributed by atoms with Crippen molar-refractivity contribution >= 4 is 0 Å². The second kappa shape index (κ2) is 7.90. The van der Waals surface area contributed by atoms with Gasteiger partial charge in [-0.05, 0) is 64.3 Å². The summed E-state index contributed by atoms with van der Waals surface area (Å²) in [6, 6.07) is 5.58. The highest BCUT2D eigenvalue weighted by atomic mass is 16.5. The molecule has 0 spiro atoms. The summed E-state index contributed by atoms with van der Waals surface area (Å²) in [4.78, 5) is 7.09. The maximum absolute atomic E-state index is 10.4. The van der Waals surface area contributed by atoms with Crippen LogP contribution in [0.1, 0.15) is 38.1 Å². The lowest BCUT2D eigenvalue weighted by molar-refractivity contribution is -0.0200. The fraction of sp³-hybridized carbons (Fsp3) is 0.571. The van der Waals surface area contributed by atoms with Crippen LogP contribution >= 0.6 is 0 Å². The van der Waals surface area contributed by atoms with E-state index in [1.165, 1.54) is 0 Å². The van der Waals surface area contributed by atoms with Crippen LogP contribution in [0.15, 0.2) is 22.6 Å². The zero-order chi connectivity index (χ0) is 19.6. The third-order valence-electron chi connectivity index (χ3n) is 5.41. The number of hydrogen-bond acceptors (Lipinski definition) is 6. The van der Waals surface area contributed by atoms with Gasteiger partial charge in [0.1, 0.15) is 17.3 Å². The van der Waals surface area contributed by atoms with Crippen molar-refractivity contribution in [1.82, 2.24) is 9.88 Å². The summed E-state index contributed by atoms with van der Waals surface area (Å²) < 4.78 is 16.7. The summed E-state index contributed by atoms with van der Waals surface area (Å²) in [6.07, 6.45) is 2.15. The van der Waals surface area contributed by atoms with Gasteiger partial charge in [-0.15, -0.1) is 0 Å². The molecule has 1 atom stereocenters. The van der Waals surface area contributed by atoms with Gasteiger partial charge >= 0.3 is 0 Å². The quantitative estimate of drug-likeness (QED) is 0.832. The Kier molecular flexibility index (Phi) is 5.77. The molecule has 3 rings (SSSR count). The summed E-state index contributed by atoms with van der Waals surface area (Å²) in [7, 11) is 3.26. The van der Waals surface area contributed by atoms with E-state index < -0.39 is 5.60 Å². The number of nitrogens with zero attached hydrogens (tertiary/aromatic N) is 2. The number of piperidine rings is 1. The molecule has 0 bridgehead atoms. The molecule has 148 valence electrons. The molecule has 1 fully saturated rings. The van der Waals surface area contributed by atoms with Gasteiger partial charge in [0.15, 0.2) is 0 Å². The van der Waals surface area contributed by atoms with Crippen LogP contribution in [-0.2, 0) is 6.54 Å². The zero-order valence-electron chi connectivity index (χ0n) is 16.9. The van der Waals surface area contributed by atoms with Gasteiger partial charge in [-0.1, -0.05) is 0 Å². The van der Waals surface area contributed by atoms with E-state index in [0.29, 0.717) is 18.2 Å². The third-order valence-corrected chi connectivity index (χ3v) is 5.41. The van der Waals surface area contributed by atoms with Crippen molar-refractivity contribution in [2.45, 2.75) is 45.8 Å². The average Bonchev–Trinajstić information content (AvgIpc) is 3.01. The SMILES string of the molecule is COc1ccc(OC)c(-c2nc(CN3CCCC(C(C)(C)O)C3)c(C)o2)c1. The van der Waals surface area contributed by atoms with E-state index in [-0.39, 0.29) is 5.92 Å². The minimum absolute atomic E-state index is 0.274. The van der Waals surface area contributed by atoms with Gasteiger partial charge in [-0.2, -0.15) is 0 Å². The zero-order valence-corrected chi connectivity index (χ0v) is 16.9. The van der Waals surface area contributed by atoms with Crippen molar-refractivity contribution in [2.24, 2.45) is 5.92 Å². The highest BCUT2D eigenvalue weighted by Crippen LogP contribution is 2.34. The molecule has 0 aliphatic carbocycles. The number of rotatable bonds is 6. The van der Waals surface area contributed by atoms with Crippen LogP contribution in [0.2, 0.25) is 0 Å². The molecule has 1 aliphatic heterocycles. The van der Waals surface area contributed by atoms with E-state index in [9.17, 15) is 5.11 Å². The number of hydrogen-bond donors (Lipinski definition) is 1.